The van der Waals surface area contributed by atoms with Gasteiger partial charge in [-0.2, -0.15) is 0 Å². The molecule has 19 heavy (non-hydrogen) atoms. The Balaban J connectivity index is 1.81. The van der Waals surface area contributed by atoms with E-state index in [0.29, 0.717) is 31.2 Å². The molecule has 0 aliphatic carbocycles. The van der Waals surface area contributed by atoms with E-state index < -0.39 is 6.04 Å². The fourth-order valence-corrected chi connectivity index (χ4v) is 3.42. The van der Waals surface area contributed by atoms with Gasteiger partial charge in [-0.25, -0.2) is 0 Å². The lowest BCUT2D eigenvalue weighted by molar-refractivity contribution is -0.124. The van der Waals surface area contributed by atoms with Crippen LogP contribution in [0.1, 0.15) is 38.5 Å². The molecule has 0 aromatic rings. The molecule has 5 nitrogen and oxygen atoms in total. The third-order valence-electron chi connectivity index (χ3n) is 4.66. The Morgan fingerprint density at radius 1 is 1.42 bits per heavy atom. The summed E-state index contributed by atoms with van der Waals surface area (Å²) in [5.74, 6) is -0.0234. The molecule has 2 bridgehead atoms. The summed E-state index contributed by atoms with van der Waals surface area (Å²) in [6.07, 6.45) is 6.56. The van der Waals surface area contributed by atoms with Crippen LogP contribution in [-0.4, -0.2) is 55.7 Å². The van der Waals surface area contributed by atoms with Crippen LogP contribution in [0.25, 0.3) is 0 Å². The molecule has 3 atom stereocenters. The number of nitrogens with two attached hydrogens (primary N) is 1. The lowest BCUT2D eigenvalue weighted by Crippen LogP contribution is -2.57. The lowest BCUT2D eigenvalue weighted by atomic mass is 9.82. The lowest BCUT2D eigenvalue weighted by Gasteiger charge is -2.47. The Labute approximate surface area is 115 Å². The van der Waals surface area contributed by atoms with Crippen LogP contribution >= 0.6 is 0 Å². The Bertz CT molecular complexity index is 297. The summed E-state index contributed by atoms with van der Waals surface area (Å²) >= 11 is 0. The molecule has 2 aliphatic rings. The van der Waals surface area contributed by atoms with E-state index in [-0.39, 0.29) is 5.91 Å². The molecule has 0 aromatic heterocycles. The molecular weight excluding hydrogens is 242 g/mol. The van der Waals surface area contributed by atoms with Crippen molar-refractivity contribution in [2.75, 3.05) is 20.8 Å². The van der Waals surface area contributed by atoms with E-state index in [2.05, 4.69) is 17.3 Å². The van der Waals surface area contributed by atoms with Gasteiger partial charge in [0.15, 0.2) is 0 Å². The van der Waals surface area contributed by atoms with Crippen LogP contribution in [0.4, 0.5) is 0 Å². The third kappa shape index (κ3) is 3.68. The summed E-state index contributed by atoms with van der Waals surface area (Å²) < 4.78 is 4.96. The number of fused-ring (bicyclic) bond motifs is 2. The normalized spacial score (nSPS) is 32.9. The Morgan fingerprint density at radius 3 is 2.63 bits per heavy atom. The maximum atomic E-state index is 12.0. The first-order valence-electron chi connectivity index (χ1n) is 7.38. The molecule has 2 fully saturated rings. The highest BCUT2D eigenvalue weighted by Gasteiger charge is 2.36. The molecule has 110 valence electrons. The molecule has 3 unspecified atom stereocenters. The largest absolute Gasteiger partial charge is 0.385 e. The first-order valence-corrected chi connectivity index (χ1v) is 7.38. The number of hydrogen-bond acceptors (Lipinski definition) is 4. The molecule has 1 amide bonds. The summed E-state index contributed by atoms with van der Waals surface area (Å²) in [4.78, 5) is 14.5. The van der Waals surface area contributed by atoms with Crippen LogP contribution in [0.2, 0.25) is 0 Å². The zero-order chi connectivity index (χ0) is 13.8. The van der Waals surface area contributed by atoms with Gasteiger partial charge < -0.3 is 20.7 Å². The second kappa shape index (κ2) is 6.68. The number of amides is 1. The highest BCUT2D eigenvalue weighted by Crippen LogP contribution is 2.32. The van der Waals surface area contributed by atoms with Gasteiger partial charge in [0.2, 0.25) is 5.91 Å². The maximum Gasteiger partial charge on any atom is 0.237 e. The predicted molar refractivity (Wildman–Crippen MR) is 74.8 cm³/mol. The van der Waals surface area contributed by atoms with E-state index in [0.717, 1.165) is 12.8 Å². The number of ether oxygens (including phenoxy) is 1. The highest BCUT2D eigenvalue weighted by atomic mass is 16.5. The van der Waals surface area contributed by atoms with Gasteiger partial charge in [-0.05, 0) is 39.2 Å². The van der Waals surface area contributed by atoms with Crippen molar-refractivity contribution < 1.29 is 9.53 Å². The first kappa shape index (κ1) is 14.8. The van der Waals surface area contributed by atoms with Crippen molar-refractivity contribution in [2.45, 2.75) is 62.7 Å². The molecule has 2 saturated heterocycles. The number of carbonyl (C=O) groups excluding carboxylic acids is 1. The van der Waals surface area contributed by atoms with E-state index in [9.17, 15) is 4.79 Å². The van der Waals surface area contributed by atoms with Gasteiger partial charge in [-0.1, -0.05) is 6.42 Å². The van der Waals surface area contributed by atoms with Crippen LogP contribution in [0.5, 0.6) is 0 Å². The summed E-state index contributed by atoms with van der Waals surface area (Å²) in [5.41, 5.74) is 5.86. The van der Waals surface area contributed by atoms with E-state index >= 15 is 0 Å². The second-order valence-corrected chi connectivity index (χ2v) is 5.97. The van der Waals surface area contributed by atoms with E-state index in [1.165, 1.54) is 19.3 Å². The maximum absolute atomic E-state index is 12.0. The average Bonchev–Trinajstić information content (AvgIpc) is 2.37. The minimum absolute atomic E-state index is 0.0234. The molecule has 5 heteroatoms. The van der Waals surface area contributed by atoms with E-state index in [1.54, 1.807) is 7.11 Å². The molecule has 0 saturated carbocycles. The topological polar surface area (TPSA) is 67.6 Å². The molecule has 3 N–H and O–H groups in total. The van der Waals surface area contributed by atoms with Crippen molar-refractivity contribution in [2.24, 2.45) is 5.73 Å². The Hall–Kier alpha value is -0.650. The summed E-state index contributed by atoms with van der Waals surface area (Å²) in [5, 5.41) is 3.13. The smallest absolute Gasteiger partial charge is 0.237 e. The Kier molecular flexibility index (Phi) is 5.19. The number of methoxy groups -OCH3 is 1. The van der Waals surface area contributed by atoms with Gasteiger partial charge in [0.05, 0.1) is 6.04 Å². The van der Waals surface area contributed by atoms with Crippen LogP contribution in [0.3, 0.4) is 0 Å². The fraction of sp³-hybridized carbons (Fsp3) is 0.929. The van der Waals surface area contributed by atoms with E-state index in [4.69, 9.17) is 10.5 Å². The van der Waals surface area contributed by atoms with Gasteiger partial charge in [0, 0.05) is 31.8 Å². The summed E-state index contributed by atoms with van der Waals surface area (Å²) in [6, 6.07) is 1.12. The van der Waals surface area contributed by atoms with Crippen molar-refractivity contribution in [3.63, 3.8) is 0 Å². The van der Waals surface area contributed by atoms with Crippen LogP contribution in [0.15, 0.2) is 0 Å². The number of rotatable bonds is 5. The minimum atomic E-state index is -0.445. The van der Waals surface area contributed by atoms with Crippen LogP contribution in [0, 0.1) is 0 Å². The molecule has 0 radical (unpaired) electrons. The van der Waals surface area contributed by atoms with Crippen molar-refractivity contribution in [1.29, 1.82) is 0 Å². The fourth-order valence-electron chi connectivity index (χ4n) is 3.42. The molecule has 2 aliphatic heterocycles. The van der Waals surface area contributed by atoms with Gasteiger partial charge in [0.1, 0.15) is 0 Å². The number of piperidine rings is 2. The van der Waals surface area contributed by atoms with Crippen LogP contribution < -0.4 is 11.1 Å². The second-order valence-electron chi connectivity index (χ2n) is 5.97. The van der Waals surface area contributed by atoms with Crippen molar-refractivity contribution in [3.05, 3.63) is 0 Å². The summed E-state index contributed by atoms with van der Waals surface area (Å²) in [7, 11) is 3.85. The van der Waals surface area contributed by atoms with Gasteiger partial charge in [0.25, 0.3) is 0 Å². The van der Waals surface area contributed by atoms with Gasteiger partial charge in [-0.3, -0.25) is 4.79 Å². The number of nitrogens with zero attached hydrogens (tertiary/aromatic N) is 1. The monoisotopic (exact) mass is 269 g/mol. The number of carbonyl (C=O) groups is 1. The number of hydrogen-bond donors (Lipinski definition) is 2. The average molecular weight is 269 g/mol. The summed E-state index contributed by atoms with van der Waals surface area (Å²) in [6.45, 7) is 0.535. The molecular formula is C14H27N3O2. The zero-order valence-electron chi connectivity index (χ0n) is 12.1. The standard InChI is InChI=1S/C14H27N3O2/c1-17-11-4-3-5-12(17)9-10(8-11)16-14(18)13(15)6-7-19-2/h10-13H,3-9,15H2,1-2H3,(H,16,18). The van der Waals surface area contributed by atoms with Crippen molar-refractivity contribution in [1.82, 2.24) is 10.2 Å². The molecule has 2 heterocycles. The zero-order valence-corrected chi connectivity index (χ0v) is 12.1. The Morgan fingerprint density at radius 2 is 2.05 bits per heavy atom. The highest BCUT2D eigenvalue weighted by molar-refractivity contribution is 5.81. The first-order chi connectivity index (χ1) is 9.11. The van der Waals surface area contributed by atoms with Crippen molar-refractivity contribution >= 4 is 5.91 Å². The predicted octanol–water partition coefficient (Wildman–Crippen LogP) is 0.482. The molecule has 0 aromatic carbocycles. The SMILES string of the molecule is COCCC(N)C(=O)NC1CC2CCCC(C1)N2C. The third-order valence-corrected chi connectivity index (χ3v) is 4.66. The molecule has 2 rings (SSSR count). The van der Waals surface area contributed by atoms with Crippen LogP contribution in [-0.2, 0) is 9.53 Å². The van der Waals surface area contributed by atoms with E-state index in [1.807, 2.05) is 0 Å². The minimum Gasteiger partial charge on any atom is -0.385 e. The molecule has 0 spiro atoms. The quantitative estimate of drug-likeness (QED) is 0.762. The van der Waals surface area contributed by atoms with Gasteiger partial charge in [-0.15, -0.1) is 0 Å². The number of nitrogens with one attached hydrogen (secondary N) is 1. The van der Waals surface area contributed by atoms with Gasteiger partial charge >= 0.3 is 0 Å². The van der Waals surface area contributed by atoms with Crippen molar-refractivity contribution in [3.8, 4) is 0 Å².